The number of benzene rings is 2. The van der Waals surface area contributed by atoms with E-state index in [9.17, 15) is 4.79 Å². The predicted molar refractivity (Wildman–Crippen MR) is 112 cm³/mol. The van der Waals surface area contributed by atoms with Gasteiger partial charge in [-0.05, 0) is 43.3 Å². The molecular weight excluding hydrogens is 406 g/mol. The molecular formula is C21H26BrN3O2. The van der Waals surface area contributed by atoms with E-state index in [0.717, 1.165) is 48.6 Å². The molecule has 0 bridgehead atoms. The van der Waals surface area contributed by atoms with Gasteiger partial charge in [0, 0.05) is 42.9 Å². The summed E-state index contributed by atoms with van der Waals surface area (Å²) in [5, 5.41) is 2.99. The predicted octanol–water partition coefficient (Wildman–Crippen LogP) is 3.47. The number of para-hydroxylation sites is 1. The van der Waals surface area contributed by atoms with Crippen LogP contribution in [0.15, 0.2) is 59.1 Å². The van der Waals surface area contributed by atoms with Crippen molar-refractivity contribution >= 4 is 27.5 Å². The van der Waals surface area contributed by atoms with Gasteiger partial charge in [0.2, 0.25) is 5.91 Å². The number of hydrogen-bond acceptors (Lipinski definition) is 4. The molecule has 1 amide bonds. The highest BCUT2D eigenvalue weighted by Crippen LogP contribution is 2.15. The van der Waals surface area contributed by atoms with E-state index in [1.807, 2.05) is 61.5 Å². The first-order valence-corrected chi connectivity index (χ1v) is 10.1. The second-order valence-electron chi connectivity index (χ2n) is 6.71. The quantitative estimate of drug-likeness (QED) is 0.728. The Morgan fingerprint density at radius 2 is 1.74 bits per heavy atom. The smallest absolute Gasteiger partial charge is 0.241 e. The van der Waals surface area contributed by atoms with Crippen LogP contribution >= 0.6 is 15.9 Å². The molecule has 0 aliphatic carbocycles. The Kier molecular flexibility index (Phi) is 7.26. The maximum atomic E-state index is 12.5. The first-order valence-electron chi connectivity index (χ1n) is 9.32. The van der Waals surface area contributed by atoms with Crippen molar-refractivity contribution in [3.8, 4) is 5.75 Å². The van der Waals surface area contributed by atoms with Crippen LogP contribution in [0.2, 0.25) is 0 Å². The summed E-state index contributed by atoms with van der Waals surface area (Å²) in [6, 6.07) is 17.4. The Morgan fingerprint density at radius 3 is 2.41 bits per heavy atom. The zero-order valence-corrected chi connectivity index (χ0v) is 17.2. The molecule has 2 aromatic carbocycles. The van der Waals surface area contributed by atoms with Crippen LogP contribution in [0.1, 0.15) is 6.92 Å². The van der Waals surface area contributed by atoms with Crippen molar-refractivity contribution in [1.29, 1.82) is 0 Å². The standard InChI is InChI=1S/C21H26BrN3O2/c1-17(21(26)23-19-9-7-18(22)8-10-19)25-13-11-24(12-14-25)15-16-27-20-5-3-2-4-6-20/h2-10,17H,11-16H2,1H3,(H,23,26)/t17-/m1/s1. The maximum Gasteiger partial charge on any atom is 0.241 e. The molecule has 1 saturated heterocycles. The summed E-state index contributed by atoms with van der Waals surface area (Å²) in [7, 11) is 0. The fourth-order valence-electron chi connectivity index (χ4n) is 3.13. The lowest BCUT2D eigenvalue weighted by Crippen LogP contribution is -2.53. The highest BCUT2D eigenvalue weighted by Gasteiger charge is 2.25. The molecule has 0 spiro atoms. The number of carbonyl (C=O) groups is 1. The number of nitrogens with one attached hydrogen (secondary N) is 1. The van der Waals surface area contributed by atoms with Gasteiger partial charge in [-0.1, -0.05) is 34.1 Å². The van der Waals surface area contributed by atoms with Crippen molar-refractivity contribution in [1.82, 2.24) is 9.80 Å². The highest BCUT2D eigenvalue weighted by atomic mass is 79.9. The second-order valence-corrected chi connectivity index (χ2v) is 7.63. The SMILES string of the molecule is C[C@H](C(=O)Nc1ccc(Br)cc1)N1CCN(CCOc2ccccc2)CC1. The van der Waals surface area contributed by atoms with Crippen LogP contribution in [-0.2, 0) is 4.79 Å². The molecule has 0 unspecified atom stereocenters. The summed E-state index contributed by atoms with van der Waals surface area (Å²) in [6.45, 7) is 7.25. The largest absolute Gasteiger partial charge is 0.492 e. The van der Waals surface area contributed by atoms with E-state index in [4.69, 9.17) is 4.74 Å². The lowest BCUT2D eigenvalue weighted by Gasteiger charge is -2.37. The molecule has 144 valence electrons. The number of halogens is 1. The van der Waals surface area contributed by atoms with Crippen molar-refractivity contribution in [2.75, 3.05) is 44.6 Å². The van der Waals surface area contributed by atoms with E-state index >= 15 is 0 Å². The fourth-order valence-corrected chi connectivity index (χ4v) is 3.39. The van der Waals surface area contributed by atoms with Crippen molar-refractivity contribution in [3.05, 3.63) is 59.1 Å². The van der Waals surface area contributed by atoms with Crippen LogP contribution in [0.3, 0.4) is 0 Å². The number of carbonyl (C=O) groups excluding carboxylic acids is 1. The van der Waals surface area contributed by atoms with Gasteiger partial charge in [0.05, 0.1) is 6.04 Å². The Balaban J connectivity index is 1.38. The number of piperazine rings is 1. The molecule has 1 fully saturated rings. The first kappa shape index (κ1) is 19.9. The van der Waals surface area contributed by atoms with Gasteiger partial charge in [-0.2, -0.15) is 0 Å². The van der Waals surface area contributed by atoms with E-state index in [0.29, 0.717) is 6.61 Å². The molecule has 1 heterocycles. The fraction of sp³-hybridized carbons (Fsp3) is 0.381. The van der Waals surface area contributed by atoms with Gasteiger partial charge in [0.15, 0.2) is 0 Å². The third kappa shape index (κ3) is 6.06. The van der Waals surface area contributed by atoms with Crippen LogP contribution < -0.4 is 10.1 Å². The maximum absolute atomic E-state index is 12.5. The Bertz CT molecular complexity index is 716. The van der Waals surface area contributed by atoms with Crippen molar-refractivity contribution in [2.24, 2.45) is 0 Å². The van der Waals surface area contributed by atoms with Gasteiger partial charge in [-0.25, -0.2) is 0 Å². The molecule has 5 nitrogen and oxygen atoms in total. The minimum Gasteiger partial charge on any atom is -0.492 e. The highest BCUT2D eigenvalue weighted by molar-refractivity contribution is 9.10. The van der Waals surface area contributed by atoms with Gasteiger partial charge in [0.1, 0.15) is 12.4 Å². The van der Waals surface area contributed by atoms with Crippen LogP contribution in [-0.4, -0.2) is 61.1 Å². The monoisotopic (exact) mass is 431 g/mol. The van der Waals surface area contributed by atoms with E-state index < -0.39 is 0 Å². The van der Waals surface area contributed by atoms with Gasteiger partial charge < -0.3 is 10.1 Å². The van der Waals surface area contributed by atoms with Crippen LogP contribution in [0, 0.1) is 0 Å². The Labute approximate surface area is 169 Å². The Morgan fingerprint density at radius 1 is 1.07 bits per heavy atom. The normalized spacial score (nSPS) is 16.7. The van der Waals surface area contributed by atoms with Crippen molar-refractivity contribution < 1.29 is 9.53 Å². The number of hydrogen-bond donors (Lipinski definition) is 1. The third-order valence-corrected chi connectivity index (χ3v) is 5.39. The van der Waals surface area contributed by atoms with Crippen LogP contribution in [0.4, 0.5) is 5.69 Å². The molecule has 6 heteroatoms. The summed E-state index contributed by atoms with van der Waals surface area (Å²) in [4.78, 5) is 17.1. The third-order valence-electron chi connectivity index (χ3n) is 4.87. The van der Waals surface area contributed by atoms with Crippen LogP contribution in [0.5, 0.6) is 5.75 Å². The number of amides is 1. The number of rotatable bonds is 7. The lowest BCUT2D eigenvalue weighted by atomic mass is 10.2. The molecule has 3 rings (SSSR count). The molecule has 1 aliphatic rings. The summed E-state index contributed by atoms with van der Waals surface area (Å²) >= 11 is 3.41. The Hall–Kier alpha value is -1.89. The van der Waals surface area contributed by atoms with Gasteiger partial charge in [-0.15, -0.1) is 0 Å². The van der Waals surface area contributed by atoms with E-state index in [-0.39, 0.29) is 11.9 Å². The van der Waals surface area contributed by atoms with Crippen LogP contribution in [0.25, 0.3) is 0 Å². The van der Waals surface area contributed by atoms with Gasteiger partial charge in [0.25, 0.3) is 0 Å². The van der Waals surface area contributed by atoms with E-state index in [1.54, 1.807) is 0 Å². The second kappa shape index (κ2) is 9.88. The number of nitrogens with zero attached hydrogens (tertiary/aromatic N) is 2. The molecule has 2 aromatic rings. The molecule has 0 aromatic heterocycles. The number of anilines is 1. The van der Waals surface area contributed by atoms with Gasteiger partial charge >= 0.3 is 0 Å². The lowest BCUT2D eigenvalue weighted by molar-refractivity contribution is -0.121. The molecule has 1 atom stereocenters. The van der Waals surface area contributed by atoms with Crippen molar-refractivity contribution in [3.63, 3.8) is 0 Å². The number of ether oxygens (including phenoxy) is 1. The molecule has 1 aliphatic heterocycles. The zero-order chi connectivity index (χ0) is 19.1. The minimum absolute atomic E-state index is 0.0400. The van der Waals surface area contributed by atoms with Crippen molar-refractivity contribution in [2.45, 2.75) is 13.0 Å². The summed E-state index contributed by atoms with van der Waals surface area (Å²) in [5.41, 5.74) is 0.826. The molecule has 27 heavy (non-hydrogen) atoms. The van der Waals surface area contributed by atoms with E-state index in [2.05, 4.69) is 31.0 Å². The average molecular weight is 432 g/mol. The molecule has 1 N–H and O–H groups in total. The van der Waals surface area contributed by atoms with Gasteiger partial charge in [-0.3, -0.25) is 14.6 Å². The molecule has 0 saturated carbocycles. The first-order chi connectivity index (χ1) is 13.1. The minimum atomic E-state index is -0.142. The average Bonchev–Trinajstić information content (AvgIpc) is 2.70. The molecule has 0 radical (unpaired) electrons. The summed E-state index contributed by atoms with van der Waals surface area (Å²) in [6.07, 6.45) is 0. The topological polar surface area (TPSA) is 44.8 Å². The summed E-state index contributed by atoms with van der Waals surface area (Å²) < 4.78 is 6.77. The summed E-state index contributed by atoms with van der Waals surface area (Å²) in [5.74, 6) is 0.951. The zero-order valence-electron chi connectivity index (χ0n) is 15.6. The van der Waals surface area contributed by atoms with E-state index in [1.165, 1.54) is 0 Å².